The molecule has 0 amide bonds. The summed E-state index contributed by atoms with van der Waals surface area (Å²) in [6.07, 6.45) is 6.41. The minimum atomic E-state index is -0.477. The maximum Gasteiger partial charge on any atom is 0.218 e. The second kappa shape index (κ2) is 7.92. The van der Waals surface area contributed by atoms with E-state index in [0.717, 1.165) is 23.5 Å². The third-order valence-corrected chi connectivity index (χ3v) is 4.80. The molecule has 0 saturated heterocycles. The van der Waals surface area contributed by atoms with Crippen molar-refractivity contribution in [3.05, 3.63) is 59.4 Å². The van der Waals surface area contributed by atoms with Crippen LogP contribution in [0.1, 0.15) is 35.0 Å². The van der Waals surface area contributed by atoms with E-state index in [1.165, 1.54) is 0 Å². The SMILES string of the molecule is Cc1nc(NCc2cnn(C)c2)cc(OCC2CC2c2ccc(CF)cn2)n1. The smallest absolute Gasteiger partial charge is 0.218 e. The van der Waals surface area contributed by atoms with Crippen LogP contribution in [0.25, 0.3) is 0 Å². The van der Waals surface area contributed by atoms with Crippen molar-refractivity contribution in [1.82, 2.24) is 24.7 Å². The largest absolute Gasteiger partial charge is 0.477 e. The highest BCUT2D eigenvalue weighted by molar-refractivity contribution is 5.39. The molecule has 1 aliphatic carbocycles. The minimum absolute atomic E-state index is 0.375. The number of anilines is 1. The second-order valence-electron chi connectivity index (χ2n) is 7.15. The van der Waals surface area contributed by atoms with Gasteiger partial charge in [-0.05, 0) is 19.4 Å². The van der Waals surface area contributed by atoms with E-state index in [-0.39, 0.29) is 0 Å². The Morgan fingerprint density at radius 1 is 1.25 bits per heavy atom. The average molecular weight is 382 g/mol. The quantitative estimate of drug-likeness (QED) is 0.645. The van der Waals surface area contributed by atoms with Crippen LogP contribution in [0.5, 0.6) is 5.88 Å². The number of hydrogen-bond donors (Lipinski definition) is 1. The first kappa shape index (κ1) is 18.3. The molecule has 1 saturated carbocycles. The summed E-state index contributed by atoms with van der Waals surface area (Å²) in [5.41, 5.74) is 2.69. The van der Waals surface area contributed by atoms with Gasteiger partial charge in [-0.1, -0.05) is 6.07 Å². The van der Waals surface area contributed by atoms with Crippen molar-refractivity contribution in [1.29, 1.82) is 0 Å². The van der Waals surface area contributed by atoms with Crippen molar-refractivity contribution in [2.24, 2.45) is 13.0 Å². The Morgan fingerprint density at radius 3 is 2.86 bits per heavy atom. The summed E-state index contributed by atoms with van der Waals surface area (Å²) in [7, 11) is 1.89. The van der Waals surface area contributed by atoms with E-state index in [1.807, 2.05) is 38.5 Å². The number of nitrogens with one attached hydrogen (secondary N) is 1. The number of pyridine rings is 1. The molecule has 0 aromatic carbocycles. The highest BCUT2D eigenvalue weighted by Crippen LogP contribution is 2.46. The second-order valence-corrected chi connectivity index (χ2v) is 7.15. The molecule has 0 radical (unpaired) electrons. The fourth-order valence-electron chi connectivity index (χ4n) is 3.18. The van der Waals surface area contributed by atoms with Crippen molar-refractivity contribution >= 4 is 5.82 Å². The predicted molar refractivity (Wildman–Crippen MR) is 103 cm³/mol. The Bertz CT molecular complexity index is 942. The van der Waals surface area contributed by atoms with Gasteiger partial charge >= 0.3 is 0 Å². The lowest BCUT2D eigenvalue weighted by Crippen LogP contribution is -2.07. The van der Waals surface area contributed by atoms with E-state index < -0.39 is 6.67 Å². The summed E-state index contributed by atoms with van der Waals surface area (Å²) < 4.78 is 20.3. The van der Waals surface area contributed by atoms with Gasteiger partial charge in [-0.15, -0.1) is 0 Å². The molecular weight excluding hydrogens is 359 g/mol. The molecule has 1 aliphatic rings. The molecule has 3 heterocycles. The third kappa shape index (κ3) is 4.44. The number of ether oxygens (including phenoxy) is 1. The van der Waals surface area contributed by atoms with Crippen LogP contribution in [-0.2, 0) is 20.3 Å². The molecule has 0 spiro atoms. The van der Waals surface area contributed by atoms with Gasteiger partial charge in [-0.25, -0.2) is 9.37 Å². The standard InChI is InChI=1S/C20H23FN6O/c1-13-25-19(23-9-15-10-24-27(2)11-15)6-20(26-13)28-12-16-5-17(16)18-4-3-14(7-21)8-22-18/h3-4,6,8,10-11,16-17H,5,7,9,12H2,1-2H3,(H,23,25,26). The van der Waals surface area contributed by atoms with E-state index >= 15 is 0 Å². The van der Waals surface area contributed by atoms with Crippen molar-refractivity contribution in [2.75, 3.05) is 11.9 Å². The van der Waals surface area contributed by atoms with E-state index in [0.29, 0.717) is 42.3 Å². The molecule has 3 aromatic rings. The number of rotatable bonds is 8. The van der Waals surface area contributed by atoms with Crippen molar-refractivity contribution in [3.63, 3.8) is 0 Å². The molecule has 28 heavy (non-hydrogen) atoms. The van der Waals surface area contributed by atoms with Gasteiger partial charge in [0.05, 0.1) is 12.8 Å². The molecule has 0 aliphatic heterocycles. The third-order valence-electron chi connectivity index (χ3n) is 4.80. The summed E-state index contributed by atoms with van der Waals surface area (Å²) in [6, 6.07) is 5.52. The molecule has 4 rings (SSSR count). The molecule has 0 bridgehead atoms. The normalized spacial score (nSPS) is 18.1. The average Bonchev–Trinajstić information content (AvgIpc) is 3.36. The fraction of sp³-hybridized carbons (Fsp3) is 0.400. The molecule has 1 fully saturated rings. The van der Waals surface area contributed by atoms with Crippen molar-refractivity contribution in [3.8, 4) is 5.88 Å². The molecule has 3 aromatic heterocycles. The Balaban J connectivity index is 1.31. The highest BCUT2D eigenvalue weighted by atomic mass is 19.1. The molecule has 8 heteroatoms. The Hall–Kier alpha value is -3.03. The van der Waals surface area contributed by atoms with Crippen LogP contribution in [0, 0.1) is 12.8 Å². The lowest BCUT2D eigenvalue weighted by molar-refractivity contribution is 0.284. The molecule has 7 nitrogen and oxygen atoms in total. The van der Waals surface area contributed by atoms with Gasteiger partial charge in [0.25, 0.3) is 0 Å². The van der Waals surface area contributed by atoms with E-state index in [4.69, 9.17) is 4.74 Å². The summed E-state index contributed by atoms with van der Waals surface area (Å²) >= 11 is 0. The van der Waals surface area contributed by atoms with Gasteiger partial charge in [-0.3, -0.25) is 9.67 Å². The predicted octanol–water partition coefficient (Wildman–Crippen LogP) is 3.18. The fourth-order valence-corrected chi connectivity index (χ4v) is 3.18. The number of aromatic nitrogens is 5. The molecule has 146 valence electrons. The lowest BCUT2D eigenvalue weighted by atomic mass is 10.2. The zero-order chi connectivity index (χ0) is 19.5. The van der Waals surface area contributed by atoms with Gasteiger partial charge in [-0.2, -0.15) is 10.1 Å². The number of aryl methyl sites for hydroxylation is 2. The van der Waals surface area contributed by atoms with Gasteiger partial charge in [0.1, 0.15) is 18.3 Å². The first-order valence-corrected chi connectivity index (χ1v) is 9.31. The molecule has 2 atom stereocenters. The van der Waals surface area contributed by atoms with E-state index in [9.17, 15) is 4.39 Å². The first-order valence-electron chi connectivity index (χ1n) is 9.31. The highest BCUT2D eigenvalue weighted by Gasteiger charge is 2.40. The Labute approximate surface area is 163 Å². The van der Waals surface area contributed by atoms with Crippen LogP contribution >= 0.6 is 0 Å². The number of halogens is 1. The summed E-state index contributed by atoms with van der Waals surface area (Å²) in [4.78, 5) is 13.1. The van der Waals surface area contributed by atoms with Crippen molar-refractivity contribution < 1.29 is 9.13 Å². The summed E-state index contributed by atoms with van der Waals surface area (Å²) in [5, 5.41) is 7.44. The van der Waals surface area contributed by atoms with E-state index in [2.05, 4.69) is 25.4 Å². The Morgan fingerprint density at radius 2 is 2.14 bits per heavy atom. The van der Waals surface area contributed by atoms with Crippen LogP contribution in [-0.4, -0.2) is 31.3 Å². The summed E-state index contributed by atoms with van der Waals surface area (Å²) in [5.74, 6) is 2.72. The van der Waals surface area contributed by atoms with Crippen molar-refractivity contribution in [2.45, 2.75) is 32.5 Å². The van der Waals surface area contributed by atoms with Crippen LogP contribution < -0.4 is 10.1 Å². The number of alkyl halides is 1. The van der Waals surface area contributed by atoms with Crippen LogP contribution in [0.3, 0.4) is 0 Å². The molecule has 1 N–H and O–H groups in total. The maximum absolute atomic E-state index is 12.6. The Kier molecular flexibility index (Phi) is 5.18. The van der Waals surface area contributed by atoms with Gasteiger partial charge in [0.15, 0.2) is 0 Å². The summed E-state index contributed by atoms with van der Waals surface area (Å²) in [6.45, 7) is 2.58. The molecular formula is C20H23FN6O. The zero-order valence-electron chi connectivity index (χ0n) is 16.0. The molecule has 2 unspecified atom stereocenters. The lowest BCUT2D eigenvalue weighted by Gasteiger charge is -2.09. The van der Waals surface area contributed by atoms with Crippen LogP contribution in [0.4, 0.5) is 10.2 Å². The first-order chi connectivity index (χ1) is 13.6. The number of nitrogens with zero attached hydrogens (tertiary/aromatic N) is 5. The minimum Gasteiger partial charge on any atom is -0.477 e. The zero-order valence-corrected chi connectivity index (χ0v) is 16.0. The maximum atomic E-state index is 12.6. The number of hydrogen-bond acceptors (Lipinski definition) is 6. The van der Waals surface area contributed by atoms with E-state index in [1.54, 1.807) is 16.9 Å². The van der Waals surface area contributed by atoms with Crippen LogP contribution in [0.15, 0.2) is 36.8 Å². The van der Waals surface area contributed by atoms with Crippen LogP contribution in [0.2, 0.25) is 0 Å². The van der Waals surface area contributed by atoms with Gasteiger partial charge in [0, 0.05) is 60.7 Å². The monoisotopic (exact) mass is 382 g/mol. The van der Waals surface area contributed by atoms with Gasteiger partial charge < -0.3 is 10.1 Å². The topological polar surface area (TPSA) is 77.8 Å². The van der Waals surface area contributed by atoms with Gasteiger partial charge in [0.2, 0.25) is 5.88 Å².